The third-order valence-corrected chi connectivity index (χ3v) is 6.96. The molecule has 0 aliphatic carbocycles. The molecule has 148 valence electrons. The van der Waals surface area contributed by atoms with Gasteiger partial charge in [-0.2, -0.15) is 0 Å². The van der Waals surface area contributed by atoms with E-state index in [1.54, 1.807) is 0 Å². The Balaban J connectivity index is 1.70. The van der Waals surface area contributed by atoms with E-state index in [4.69, 9.17) is 11.6 Å². The van der Waals surface area contributed by atoms with Crippen LogP contribution in [-0.4, -0.2) is 48.4 Å². The van der Waals surface area contributed by atoms with Crippen LogP contribution in [0.2, 0.25) is 5.02 Å². The third-order valence-electron chi connectivity index (χ3n) is 3.95. The number of carbonyl (C=O) groups excluding carboxylic acids is 1. The molecule has 1 aromatic heterocycles. The van der Waals surface area contributed by atoms with Crippen molar-refractivity contribution in [3.05, 3.63) is 47.0 Å². The number of hydrogen-bond donors (Lipinski definition) is 2. The minimum Gasteiger partial charge on any atom is -0.333 e. The monoisotopic (exact) mass is 438 g/mol. The highest BCUT2D eigenvalue weighted by molar-refractivity contribution is 7.99. The Morgan fingerprint density at radius 3 is 2.71 bits per heavy atom. The zero-order chi connectivity index (χ0) is 20.5. The lowest BCUT2D eigenvalue weighted by Gasteiger charge is -2.13. The number of hydrogen-bond acceptors (Lipinski definition) is 5. The topological polar surface area (TPSA) is 95.2 Å². The van der Waals surface area contributed by atoms with E-state index in [1.807, 2.05) is 25.1 Å². The average molecular weight is 439 g/mol. The molecule has 0 fully saturated rings. The summed E-state index contributed by atoms with van der Waals surface area (Å²) < 4.78 is 25.6. The first-order valence-electron chi connectivity index (χ1n) is 8.28. The molecule has 2 aromatic carbocycles. The van der Waals surface area contributed by atoms with Gasteiger partial charge in [-0.15, -0.1) is 0 Å². The molecule has 2 N–H and O–H groups in total. The molecule has 0 atom stereocenters. The Labute approximate surface area is 172 Å². The molecular weight excluding hydrogens is 420 g/mol. The number of sulfonamides is 1. The average Bonchev–Trinajstić information content (AvgIpc) is 3.03. The molecule has 10 heteroatoms. The third kappa shape index (κ3) is 4.49. The number of imidazole rings is 1. The van der Waals surface area contributed by atoms with E-state index in [9.17, 15) is 13.2 Å². The largest absolute Gasteiger partial charge is 0.333 e. The maximum atomic E-state index is 12.3. The van der Waals surface area contributed by atoms with E-state index in [2.05, 4.69) is 15.3 Å². The zero-order valence-electron chi connectivity index (χ0n) is 15.5. The molecule has 7 nitrogen and oxygen atoms in total. The highest BCUT2D eigenvalue weighted by Crippen LogP contribution is 2.27. The molecule has 0 spiro atoms. The van der Waals surface area contributed by atoms with Crippen molar-refractivity contribution in [1.29, 1.82) is 0 Å². The van der Waals surface area contributed by atoms with Crippen LogP contribution in [0.5, 0.6) is 0 Å². The Kier molecular flexibility index (Phi) is 5.99. The van der Waals surface area contributed by atoms with Gasteiger partial charge in [0.15, 0.2) is 5.16 Å². The van der Waals surface area contributed by atoms with Crippen molar-refractivity contribution < 1.29 is 13.2 Å². The molecule has 3 rings (SSSR count). The zero-order valence-corrected chi connectivity index (χ0v) is 17.9. The van der Waals surface area contributed by atoms with Crippen molar-refractivity contribution in [3.8, 4) is 0 Å². The quantitative estimate of drug-likeness (QED) is 0.574. The van der Waals surface area contributed by atoms with Crippen molar-refractivity contribution in [1.82, 2.24) is 14.3 Å². The lowest BCUT2D eigenvalue weighted by atomic mass is 10.2. The number of nitrogens with zero attached hydrogens (tertiary/aromatic N) is 2. The summed E-state index contributed by atoms with van der Waals surface area (Å²) in [6.45, 7) is 1.99. The van der Waals surface area contributed by atoms with Crippen LogP contribution < -0.4 is 5.32 Å². The van der Waals surface area contributed by atoms with Gasteiger partial charge < -0.3 is 10.3 Å². The second kappa shape index (κ2) is 8.12. The summed E-state index contributed by atoms with van der Waals surface area (Å²) >= 11 is 7.36. The number of anilines is 1. The number of nitrogens with one attached hydrogen (secondary N) is 2. The van der Waals surface area contributed by atoms with E-state index in [0.717, 1.165) is 20.9 Å². The second-order valence-corrected chi connectivity index (χ2v) is 9.85. The molecule has 3 aromatic rings. The van der Waals surface area contributed by atoms with Gasteiger partial charge in [0.25, 0.3) is 0 Å². The van der Waals surface area contributed by atoms with Gasteiger partial charge in [-0.1, -0.05) is 29.4 Å². The number of benzene rings is 2. The number of amides is 1. The highest BCUT2D eigenvalue weighted by Gasteiger charge is 2.19. The van der Waals surface area contributed by atoms with E-state index in [0.29, 0.717) is 5.16 Å². The summed E-state index contributed by atoms with van der Waals surface area (Å²) in [6, 6.07) is 10.1. The van der Waals surface area contributed by atoms with Gasteiger partial charge in [0.2, 0.25) is 15.9 Å². The molecule has 1 amide bonds. The molecule has 0 aliphatic rings. The predicted molar refractivity (Wildman–Crippen MR) is 113 cm³/mol. The number of fused-ring (bicyclic) bond motifs is 1. The number of aryl methyl sites for hydroxylation is 1. The summed E-state index contributed by atoms with van der Waals surface area (Å²) in [7, 11) is -0.746. The fourth-order valence-corrected chi connectivity index (χ4v) is 4.24. The molecule has 0 radical (unpaired) electrons. The Morgan fingerprint density at radius 1 is 1.25 bits per heavy atom. The van der Waals surface area contributed by atoms with E-state index < -0.39 is 10.0 Å². The second-order valence-electron chi connectivity index (χ2n) is 6.33. The Morgan fingerprint density at radius 2 is 2.00 bits per heavy atom. The first-order valence-corrected chi connectivity index (χ1v) is 11.1. The smallest absolute Gasteiger partial charge is 0.242 e. The van der Waals surface area contributed by atoms with Crippen LogP contribution in [0, 0.1) is 6.92 Å². The predicted octanol–water partition coefficient (Wildman–Crippen LogP) is 3.51. The lowest BCUT2D eigenvalue weighted by molar-refractivity contribution is -0.113. The van der Waals surface area contributed by atoms with Crippen molar-refractivity contribution in [2.45, 2.75) is 17.0 Å². The first-order chi connectivity index (χ1) is 13.2. The number of H-pyrrole nitrogens is 1. The number of thioether (sulfide) groups is 1. The molecule has 0 saturated heterocycles. The standard InChI is InChI=1S/C18H19ClN4O3S2/c1-11-4-7-14-16(8-11)22-18(21-14)27-10-17(24)20-15-9-12(5-6-13(15)19)28(25,26)23(2)3/h4-9H,10H2,1-3H3,(H,20,24)(H,21,22). The van der Waals surface area contributed by atoms with Crippen LogP contribution >= 0.6 is 23.4 Å². The molecule has 0 bridgehead atoms. The maximum absolute atomic E-state index is 12.3. The van der Waals surface area contributed by atoms with Crippen molar-refractivity contribution >= 4 is 56.0 Å². The van der Waals surface area contributed by atoms with Crippen LogP contribution in [0.1, 0.15) is 5.56 Å². The molecule has 1 heterocycles. The summed E-state index contributed by atoms with van der Waals surface area (Å²) in [5, 5.41) is 3.55. The van der Waals surface area contributed by atoms with E-state index >= 15 is 0 Å². The van der Waals surface area contributed by atoms with Crippen LogP contribution in [0.25, 0.3) is 11.0 Å². The Bertz CT molecular complexity index is 1140. The van der Waals surface area contributed by atoms with Crippen molar-refractivity contribution in [2.75, 3.05) is 25.2 Å². The van der Waals surface area contributed by atoms with Gasteiger partial charge in [0.05, 0.1) is 32.4 Å². The summed E-state index contributed by atoms with van der Waals surface area (Å²) in [4.78, 5) is 20.0. The highest BCUT2D eigenvalue weighted by atomic mass is 35.5. The normalized spacial score (nSPS) is 11.9. The maximum Gasteiger partial charge on any atom is 0.242 e. The number of halogens is 1. The van der Waals surface area contributed by atoms with Gasteiger partial charge in [-0.05, 0) is 42.8 Å². The fraction of sp³-hybridized carbons (Fsp3) is 0.222. The number of carbonyl (C=O) groups is 1. The summed E-state index contributed by atoms with van der Waals surface area (Å²) in [6.07, 6.45) is 0. The number of aromatic nitrogens is 2. The Hall–Kier alpha value is -2.07. The van der Waals surface area contributed by atoms with Crippen LogP contribution in [-0.2, 0) is 14.8 Å². The summed E-state index contributed by atoms with van der Waals surface area (Å²) in [5.74, 6) is -0.220. The number of rotatable bonds is 6. The first kappa shape index (κ1) is 20.7. The summed E-state index contributed by atoms with van der Waals surface area (Å²) in [5.41, 5.74) is 3.11. The minimum absolute atomic E-state index is 0.0532. The fourth-order valence-electron chi connectivity index (χ4n) is 2.46. The van der Waals surface area contributed by atoms with E-state index in [1.165, 1.54) is 44.1 Å². The molecular formula is C18H19ClN4O3S2. The van der Waals surface area contributed by atoms with Crippen molar-refractivity contribution in [3.63, 3.8) is 0 Å². The minimum atomic E-state index is -3.62. The van der Waals surface area contributed by atoms with Crippen LogP contribution in [0.3, 0.4) is 0 Å². The molecule has 0 unspecified atom stereocenters. The van der Waals surface area contributed by atoms with Gasteiger partial charge in [0.1, 0.15) is 0 Å². The SMILES string of the molecule is Cc1ccc2nc(SCC(=O)Nc3cc(S(=O)(=O)N(C)C)ccc3Cl)[nH]c2c1. The molecule has 28 heavy (non-hydrogen) atoms. The van der Waals surface area contributed by atoms with Crippen molar-refractivity contribution in [2.24, 2.45) is 0 Å². The van der Waals surface area contributed by atoms with Gasteiger partial charge in [-0.25, -0.2) is 17.7 Å². The van der Waals surface area contributed by atoms with Gasteiger partial charge in [-0.3, -0.25) is 4.79 Å². The number of aromatic amines is 1. The lowest BCUT2D eigenvalue weighted by Crippen LogP contribution is -2.22. The van der Waals surface area contributed by atoms with Crippen LogP contribution in [0.15, 0.2) is 46.5 Å². The molecule has 0 aliphatic heterocycles. The van der Waals surface area contributed by atoms with Gasteiger partial charge >= 0.3 is 0 Å². The molecule has 0 saturated carbocycles. The van der Waals surface area contributed by atoms with E-state index in [-0.39, 0.29) is 27.3 Å². The van der Waals surface area contributed by atoms with Gasteiger partial charge in [0, 0.05) is 14.1 Å². The van der Waals surface area contributed by atoms with Crippen LogP contribution in [0.4, 0.5) is 5.69 Å².